The number of hydrogen-bond donors (Lipinski definition) is 3. The van der Waals surface area contributed by atoms with E-state index in [-0.39, 0.29) is 4.88 Å². The summed E-state index contributed by atoms with van der Waals surface area (Å²) in [5, 5.41) is 15.4. The van der Waals surface area contributed by atoms with Gasteiger partial charge in [0, 0.05) is 28.9 Å². The first-order valence-corrected chi connectivity index (χ1v) is 8.08. The molecule has 0 spiro atoms. The van der Waals surface area contributed by atoms with E-state index in [1.165, 1.54) is 0 Å². The Kier molecular flexibility index (Phi) is 2.75. The zero-order valence-electron chi connectivity index (χ0n) is 10.8. The van der Waals surface area contributed by atoms with Crippen molar-refractivity contribution < 1.29 is 9.90 Å². The molecule has 0 aromatic carbocycles. The molecule has 7 heteroatoms. The molecule has 3 aromatic heterocycles. The maximum absolute atomic E-state index is 11.3. The van der Waals surface area contributed by atoms with Crippen LogP contribution in [0.15, 0.2) is 17.5 Å². The zero-order valence-corrected chi connectivity index (χ0v) is 12.5. The number of aromatic nitrogens is 1. The van der Waals surface area contributed by atoms with E-state index in [1.54, 1.807) is 11.3 Å². The summed E-state index contributed by atoms with van der Waals surface area (Å²) in [7, 11) is 0. The minimum atomic E-state index is -0.995. The van der Waals surface area contributed by atoms with Gasteiger partial charge in [-0.3, -0.25) is 0 Å². The highest BCUT2D eigenvalue weighted by Crippen LogP contribution is 2.44. The number of hydrogen-bond acceptors (Lipinski definition) is 6. The third-order valence-electron chi connectivity index (χ3n) is 3.62. The second-order valence-electron chi connectivity index (χ2n) is 4.82. The van der Waals surface area contributed by atoms with Crippen molar-refractivity contribution in [1.29, 1.82) is 0 Å². The van der Waals surface area contributed by atoms with Crippen LogP contribution in [0, 0.1) is 0 Å². The van der Waals surface area contributed by atoms with E-state index in [9.17, 15) is 9.90 Å². The number of carbonyl (C=O) groups is 1. The van der Waals surface area contributed by atoms with Gasteiger partial charge in [-0.2, -0.15) is 0 Å². The molecule has 5 nitrogen and oxygen atoms in total. The number of nitrogens with zero attached hydrogens (tertiary/aromatic N) is 1. The molecule has 1 aliphatic heterocycles. The van der Waals surface area contributed by atoms with Gasteiger partial charge in [0.2, 0.25) is 0 Å². The summed E-state index contributed by atoms with van der Waals surface area (Å²) in [6.07, 6.45) is 0. The first-order valence-electron chi connectivity index (χ1n) is 6.38. The van der Waals surface area contributed by atoms with Gasteiger partial charge in [-0.05, 0) is 17.0 Å². The van der Waals surface area contributed by atoms with E-state index >= 15 is 0 Å². The zero-order chi connectivity index (χ0) is 14.6. The molecule has 0 radical (unpaired) electrons. The molecule has 0 saturated carbocycles. The Hall–Kier alpha value is -1.96. The predicted octanol–water partition coefficient (Wildman–Crippen LogP) is 2.91. The number of carboxylic acids is 1. The van der Waals surface area contributed by atoms with Gasteiger partial charge < -0.3 is 16.2 Å². The Balaban J connectivity index is 2.15. The Morgan fingerprint density at radius 2 is 2.29 bits per heavy atom. The summed E-state index contributed by atoms with van der Waals surface area (Å²) in [6, 6.07) is 4.03. The van der Waals surface area contributed by atoms with Crippen LogP contribution in [0.2, 0.25) is 0 Å². The van der Waals surface area contributed by atoms with Crippen molar-refractivity contribution >= 4 is 44.5 Å². The molecule has 106 valence electrons. The Labute approximate surface area is 128 Å². The number of anilines is 1. The van der Waals surface area contributed by atoms with E-state index in [2.05, 4.69) is 10.3 Å². The van der Waals surface area contributed by atoms with Crippen molar-refractivity contribution in [2.24, 2.45) is 0 Å². The van der Waals surface area contributed by atoms with Crippen molar-refractivity contribution in [3.8, 4) is 10.4 Å². The van der Waals surface area contributed by atoms with E-state index in [0.717, 1.165) is 45.0 Å². The van der Waals surface area contributed by atoms with Gasteiger partial charge in [0.15, 0.2) is 0 Å². The summed E-state index contributed by atoms with van der Waals surface area (Å²) < 4.78 is 0. The van der Waals surface area contributed by atoms with Gasteiger partial charge in [0.05, 0.1) is 11.4 Å². The summed E-state index contributed by atoms with van der Waals surface area (Å²) in [5.41, 5.74) is 9.60. The monoisotopic (exact) mass is 317 g/mol. The van der Waals surface area contributed by atoms with Gasteiger partial charge in [-0.25, -0.2) is 9.78 Å². The molecule has 21 heavy (non-hydrogen) atoms. The second kappa shape index (κ2) is 4.52. The van der Waals surface area contributed by atoms with E-state index in [1.807, 2.05) is 17.5 Å². The fraction of sp³-hybridized carbons (Fsp3) is 0.143. The van der Waals surface area contributed by atoms with Crippen molar-refractivity contribution in [3.05, 3.63) is 33.6 Å². The van der Waals surface area contributed by atoms with Crippen LogP contribution in [0.5, 0.6) is 0 Å². The molecule has 4 heterocycles. The van der Waals surface area contributed by atoms with Crippen LogP contribution in [0.3, 0.4) is 0 Å². The van der Waals surface area contributed by atoms with E-state index in [4.69, 9.17) is 5.73 Å². The van der Waals surface area contributed by atoms with Crippen LogP contribution in [0.4, 0.5) is 5.69 Å². The molecule has 4 rings (SSSR count). The molecule has 0 saturated heterocycles. The first kappa shape index (κ1) is 12.8. The Morgan fingerprint density at radius 1 is 1.43 bits per heavy atom. The fourth-order valence-corrected chi connectivity index (χ4v) is 4.50. The van der Waals surface area contributed by atoms with Crippen molar-refractivity contribution in [2.75, 3.05) is 5.73 Å². The quantitative estimate of drug-likeness (QED) is 0.676. The van der Waals surface area contributed by atoms with Crippen LogP contribution < -0.4 is 11.1 Å². The number of thiophene rings is 2. The molecular weight excluding hydrogens is 306 g/mol. The summed E-state index contributed by atoms with van der Waals surface area (Å²) in [4.78, 5) is 17.9. The van der Waals surface area contributed by atoms with Crippen molar-refractivity contribution in [2.45, 2.75) is 13.1 Å². The van der Waals surface area contributed by atoms with Crippen molar-refractivity contribution in [1.82, 2.24) is 10.3 Å². The molecule has 4 N–H and O–H groups in total. The molecule has 1 aliphatic rings. The van der Waals surface area contributed by atoms with Crippen LogP contribution in [-0.4, -0.2) is 16.1 Å². The first-order chi connectivity index (χ1) is 10.2. The lowest BCUT2D eigenvalue weighted by atomic mass is 10.0. The SMILES string of the molecule is Nc1c(C(=O)O)sc2nc3c(c(-c4cccs4)c12)CNC3. The summed E-state index contributed by atoms with van der Waals surface area (Å²) in [5.74, 6) is -0.995. The average molecular weight is 317 g/mol. The fourth-order valence-electron chi connectivity index (χ4n) is 2.73. The van der Waals surface area contributed by atoms with Crippen LogP contribution >= 0.6 is 22.7 Å². The molecule has 0 unspecified atom stereocenters. The Bertz CT molecular complexity index is 868. The molecule has 0 amide bonds. The van der Waals surface area contributed by atoms with E-state index < -0.39 is 5.97 Å². The number of nitrogens with one attached hydrogen (secondary N) is 1. The van der Waals surface area contributed by atoms with Gasteiger partial charge >= 0.3 is 5.97 Å². The van der Waals surface area contributed by atoms with Crippen LogP contribution in [-0.2, 0) is 13.1 Å². The highest BCUT2D eigenvalue weighted by atomic mass is 32.1. The van der Waals surface area contributed by atoms with Gasteiger partial charge in [0.25, 0.3) is 0 Å². The third-order valence-corrected chi connectivity index (χ3v) is 5.59. The standard InChI is InChI=1S/C14H11N3O2S2/c15-11-10-9(8-2-1-3-20-8)6-4-16-5-7(6)17-13(10)21-12(11)14(18)19/h1-3,16H,4-5,15H2,(H,18,19). The minimum Gasteiger partial charge on any atom is -0.477 e. The van der Waals surface area contributed by atoms with Crippen LogP contribution in [0.25, 0.3) is 20.7 Å². The lowest BCUT2D eigenvalue weighted by molar-refractivity contribution is 0.0703. The molecule has 0 bridgehead atoms. The van der Waals surface area contributed by atoms with Gasteiger partial charge in [-0.1, -0.05) is 6.07 Å². The number of pyridine rings is 1. The van der Waals surface area contributed by atoms with Crippen molar-refractivity contribution in [3.63, 3.8) is 0 Å². The molecular formula is C14H11N3O2S2. The summed E-state index contributed by atoms with van der Waals surface area (Å²) >= 11 is 2.78. The highest BCUT2D eigenvalue weighted by Gasteiger charge is 2.26. The number of rotatable bonds is 2. The molecule has 3 aromatic rings. The summed E-state index contributed by atoms with van der Waals surface area (Å²) in [6.45, 7) is 1.45. The maximum atomic E-state index is 11.3. The molecule has 0 fully saturated rings. The minimum absolute atomic E-state index is 0.173. The number of aromatic carboxylic acids is 1. The lowest BCUT2D eigenvalue weighted by Crippen LogP contribution is -2.01. The Morgan fingerprint density at radius 3 is 3.00 bits per heavy atom. The highest BCUT2D eigenvalue weighted by molar-refractivity contribution is 7.21. The number of fused-ring (bicyclic) bond motifs is 2. The average Bonchev–Trinajstić information content (AvgIpc) is 3.16. The van der Waals surface area contributed by atoms with Gasteiger partial charge in [0.1, 0.15) is 9.71 Å². The van der Waals surface area contributed by atoms with Crippen LogP contribution in [0.1, 0.15) is 20.9 Å². The largest absolute Gasteiger partial charge is 0.477 e. The predicted molar refractivity (Wildman–Crippen MR) is 84.8 cm³/mol. The smallest absolute Gasteiger partial charge is 0.348 e. The molecule has 0 aliphatic carbocycles. The number of nitrogens with two attached hydrogens (primary N) is 1. The topological polar surface area (TPSA) is 88.2 Å². The molecule has 0 atom stereocenters. The van der Waals surface area contributed by atoms with E-state index in [0.29, 0.717) is 17.1 Å². The lowest BCUT2D eigenvalue weighted by Gasteiger charge is -2.08. The number of nitrogen functional groups attached to an aromatic ring is 1. The van der Waals surface area contributed by atoms with Gasteiger partial charge in [-0.15, -0.1) is 22.7 Å². The number of carboxylic acid groups (broad SMARTS) is 1. The maximum Gasteiger partial charge on any atom is 0.348 e. The second-order valence-corrected chi connectivity index (χ2v) is 6.77. The third kappa shape index (κ3) is 1.78. The normalized spacial score (nSPS) is 13.7.